The molecule has 1 unspecified atom stereocenters. The molecule has 1 atom stereocenters. The number of benzene rings is 2. The van der Waals surface area contributed by atoms with Crippen LogP contribution in [0.3, 0.4) is 0 Å². The van der Waals surface area contributed by atoms with Crippen molar-refractivity contribution in [1.82, 2.24) is 15.0 Å². The molecule has 1 aromatic heterocycles. The van der Waals surface area contributed by atoms with Gasteiger partial charge >= 0.3 is 0 Å². The lowest BCUT2D eigenvalue weighted by Gasteiger charge is -2.00. The molecule has 6 heteroatoms. The third-order valence-electron chi connectivity index (χ3n) is 2.92. The lowest BCUT2D eigenvalue weighted by molar-refractivity contribution is 0.648. The maximum Gasteiger partial charge on any atom is 0.174 e. The summed E-state index contributed by atoms with van der Waals surface area (Å²) in [7, 11) is -1.31. The van der Waals surface area contributed by atoms with Crippen LogP contribution in [-0.2, 0) is 17.3 Å². The summed E-state index contributed by atoms with van der Waals surface area (Å²) in [5.74, 6) is 0. The second kappa shape index (κ2) is 6.32. The Morgan fingerprint density at radius 3 is 2.48 bits per heavy atom. The summed E-state index contributed by atoms with van der Waals surface area (Å²) < 4.78 is 15.1. The van der Waals surface area contributed by atoms with E-state index in [1.165, 1.54) is 0 Å². The van der Waals surface area contributed by atoms with Gasteiger partial charge in [-0.05, 0) is 29.8 Å². The van der Waals surface area contributed by atoms with E-state index in [0.29, 0.717) is 16.5 Å². The molecule has 0 saturated carbocycles. The first kappa shape index (κ1) is 14.2. The minimum absolute atomic E-state index is 0.466. The summed E-state index contributed by atoms with van der Waals surface area (Å²) in [4.78, 5) is 0.713. The molecule has 4 nitrogen and oxygen atoms in total. The van der Waals surface area contributed by atoms with Gasteiger partial charge in [0, 0.05) is 9.37 Å². The van der Waals surface area contributed by atoms with Crippen LogP contribution in [-0.4, -0.2) is 19.2 Å². The fourth-order valence-electron chi connectivity index (χ4n) is 1.89. The standard InChI is InChI=1S/C15H12BrN3OS/c16-13-6-8-14(9-7-13)21(20)15-11-19(18-17-15)10-12-4-2-1-3-5-12/h1-9,11H,10H2. The summed E-state index contributed by atoms with van der Waals surface area (Å²) in [5, 5.41) is 8.52. The monoisotopic (exact) mass is 361 g/mol. The zero-order chi connectivity index (χ0) is 14.7. The predicted octanol–water partition coefficient (Wildman–Crippen LogP) is 3.26. The van der Waals surface area contributed by atoms with E-state index in [1.54, 1.807) is 10.9 Å². The second-order valence-corrected chi connectivity index (χ2v) is 6.81. The van der Waals surface area contributed by atoms with Crippen molar-refractivity contribution in [1.29, 1.82) is 0 Å². The number of halogens is 1. The van der Waals surface area contributed by atoms with Crippen LogP contribution in [0.25, 0.3) is 0 Å². The van der Waals surface area contributed by atoms with E-state index in [0.717, 1.165) is 10.0 Å². The topological polar surface area (TPSA) is 47.8 Å². The quantitative estimate of drug-likeness (QED) is 0.716. The van der Waals surface area contributed by atoms with Crippen LogP contribution in [0.1, 0.15) is 5.56 Å². The van der Waals surface area contributed by atoms with E-state index in [9.17, 15) is 4.21 Å². The van der Waals surface area contributed by atoms with Crippen molar-refractivity contribution in [2.24, 2.45) is 0 Å². The van der Waals surface area contributed by atoms with Crippen LogP contribution < -0.4 is 0 Å². The third kappa shape index (κ3) is 3.46. The van der Waals surface area contributed by atoms with E-state index < -0.39 is 10.8 Å². The Morgan fingerprint density at radius 1 is 1.05 bits per heavy atom. The van der Waals surface area contributed by atoms with Gasteiger partial charge < -0.3 is 0 Å². The number of rotatable bonds is 4. The Kier molecular flexibility index (Phi) is 4.26. The van der Waals surface area contributed by atoms with Gasteiger partial charge in [0.05, 0.1) is 12.7 Å². The lowest BCUT2D eigenvalue weighted by Crippen LogP contribution is -1.99. The number of hydrogen-bond acceptors (Lipinski definition) is 3. The SMILES string of the molecule is O=S(c1ccc(Br)cc1)c1cn(Cc2ccccc2)nn1. The van der Waals surface area contributed by atoms with Gasteiger partial charge in [0.25, 0.3) is 0 Å². The molecule has 0 aliphatic heterocycles. The summed E-state index contributed by atoms with van der Waals surface area (Å²) in [6.07, 6.45) is 1.73. The molecule has 0 fully saturated rings. The molecule has 3 rings (SSSR count). The minimum atomic E-state index is -1.31. The Labute approximate surface area is 133 Å². The second-order valence-electron chi connectivity index (χ2n) is 4.46. The number of nitrogens with zero attached hydrogens (tertiary/aromatic N) is 3. The molecule has 0 radical (unpaired) electrons. The smallest absolute Gasteiger partial charge is 0.174 e. The van der Waals surface area contributed by atoms with Crippen molar-refractivity contribution in [3.05, 3.63) is 70.8 Å². The van der Waals surface area contributed by atoms with Crippen molar-refractivity contribution >= 4 is 26.7 Å². The van der Waals surface area contributed by atoms with Crippen molar-refractivity contribution < 1.29 is 4.21 Å². The molecule has 21 heavy (non-hydrogen) atoms. The first-order chi connectivity index (χ1) is 10.2. The number of aromatic nitrogens is 3. The molecule has 0 amide bonds. The molecule has 0 bridgehead atoms. The van der Waals surface area contributed by atoms with Crippen LogP contribution in [0.15, 0.2) is 75.2 Å². The molecule has 0 N–H and O–H groups in total. The zero-order valence-corrected chi connectivity index (χ0v) is 13.4. The normalized spacial score (nSPS) is 12.2. The van der Waals surface area contributed by atoms with Crippen LogP contribution in [0.4, 0.5) is 0 Å². The van der Waals surface area contributed by atoms with Gasteiger partial charge in [0.1, 0.15) is 10.8 Å². The van der Waals surface area contributed by atoms with Gasteiger partial charge in [-0.15, -0.1) is 5.10 Å². The molecular weight excluding hydrogens is 350 g/mol. The summed E-state index contributed by atoms with van der Waals surface area (Å²) in [6.45, 7) is 0.616. The zero-order valence-electron chi connectivity index (χ0n) is 11.0. The molecule has 1 heterocycles. The molecule has 0 aliphatic carbocycles. The maximum absolute atomic E-state index is 12.4. The molecular formula is C15H12BrN3OS. The molecule has 3 aromatic rings. The maximum atomic E-state index is 12.4. The van der Waals surface area contributed by atoms with Gasteiger partial charge in [-0.1, -0.05) is 51.5 Å². The highest BCUT2D eigenvalue weighted by molar-refractivity contribution is 9.10. The molecule has 2 aromatic carbocycles. The molecule has 0 aliphatic rings. The summed E-state index contributed by atoms with van der Waals surface area (Å²) >= 11 is 3.36. The first-order valence-corrected chi connectivity index (χ1v) is 8.28. The van der Waals surface area contributed by atoms with Crippen LogP contribution in [0, 0.1) is 0 Å². The van der Waals surface area contributed by atoms with E-state index >= 15 is 0 Å². The third-order valence-corrected chi connectivity index (χ3v) is 4.72. The highest BCUT2D eigenvalue weighted by atomic mass is 79.9. The van der Waals surface area contributed by atoms with E-state index in [-0.39, 0.29) is 0 Å². The predicted molar refractivity (Wildman–Crippen MR) is 84.4 cm³/mol. The minimum Gasteiger partial charge on any atom is -0.247 e. The average Bonchev–Trinajstić information content (AvgIpc) is 2.97. The van der Waals surface area contributed by atoms with Crippen molar-refractivity contribution in [3.63, 3.8) is 0 Å². The van der Waals surface area contributed by atoms with Gasteiger partial charge in [-0.25, -0.2) is 8.89 Å². The van der Waals surface area contributed by atoms with E-state index in [2.05, 4.69) is 26.2 Å². The van der Waals surface area contributed by atoms with Crippen molar-refractivity contribution in [3.8, 4) is 0 Å². The van der Waals surface area contributed by atoms with E-state index in [1.807, 2.05) is 54.6 Å². The summed E-state index contributed by atoms with van der Waals surface area (Å²) in [6, 6.07) is 17.3. The van der Waals surface area contributed by atoms with Crippen LogP contribution in [0.5, 0.6) is 0 Å². The van der Waals surface area contributed by atoms with Crippen LogP contribution >= 0.6 is 15.9 Å². The first-order valence-electron chi connectivity index (χ1n) is 6.34. The Balaban J connectivity index is 1.78. The Hall–Kier alpha value is -1.79. The fourth-order valence-corrected chi connectivity index (χ4v) is 3.11. The van der Waals surface area contributed by atoms with Crippen LogP contribution in [0.2, 0.25) is 0 Å². The summed E-state index contributed by atoms with van der Waals surface area (Å²) in [5.41, 5.74) is 1.13. The average molecular weight is 362 g/mol. The molecule has 0 spiro atoms. The largest absolute Gasteiger partial charge is 0.247 e. The van der Waals surface area contributed by atoms with E-state index in [4.69, 9.17) is 0 Å². The molecule has 0 saturated heterocycles. The van der Waals surface area contributed by atoms with Gasteiger partial charge in [-0.2, -0.15) is 0 Å². The fraction of sp³-hybridized carbons (Fsp3) is 0.0667. The molecule has 106 valence electrons. The van der Waals surface area contributed by atoms with Gasteiger partial charge in [0.15, 0.2) is 5.03 Å². The number of hydrogen-bond donors (Lipinski definition) is 0. The van der Waals surface area contributed by atoms with Gasteiger partial charge in [0.2, 0.25) is 0 Å². The van der Waals surface area contributed by atoms with Crippen molar-refractivity contribution in [2.45, 2.75) is 16.5 Å². The highest BCUT2D eigenvalue weighted by Crippen LogP contribution is 2.17. The Morgan fingerprint density at radius 2 is 1.76 bits per heavy atom. The Bertz CT molecular complexity index is 756. The van der Waals surface area contributed by atoms with Gasteiger partial charge in [-0.3, -0.25) is 0 Å². The lowest BCUT2D eigenvalue weighted by atomic mass is 10.2. The highest BCUT2D eigenvalue weighted by Gasteiger charge is 2.11. The van der Waals surface area contributed by atoms with Crippen molar-refractivity contribution in [2.75, 3.05) is 0 Å².